The number of rotatable bonds is 3. The summed E-state index contributed by atoms with van der Waals surface area (Å²) in [5.74, 6) is -1.02. The summed E-state index contributed by atoms with van der Waals surface area (Å²) in [4.78, 5) is 23.9. The molecule has 0 saturated carbocycles. The van der Waals surface area contributed by atoms with Crippen LogP contribution in [0, 0.1) is 0 Å². The summed E-state index contributed by atoms with van der Waals surface area (Å²) in [7, 11) is 0. The van der Waals surface area contributed by atoms with E-state index < -0.39 is 18.4 Å². The fourth-order valence-corrected chi connectivity index (χ4v) is 2.86. The Labute approximate surface area is 120 Å². The Morgan fingerprint density at radius 1 is 1.61 bits per heavy atom. The molecule has 18 heavy (non-hydrogen) atoms. The number of carboxylic acid groups (broad SMARTS) is 1. The molecule has 0 spiro atoms. The number of carbonyl (C=O) groups excluding carboxylic acids is 1. The summed E-state index contributed by atoms with van der Waals surface area (Å²) in [6, 6.07) is 3.39. The largest absolute Gasteiger partial charge is 0.480 e. The molecule has 0 radical (unpaired) electrons. The second-order valence-corrected chi connectivity index (χ2v) is 5.76. The average Bonchev–Trinajstić information content (AvgIpc) is 2.78. The highest BCUT2D eigenvalue weighted by Crippen LogP contribution is 2.32. The number of carboxylic acids is 1. The van der Waals surface area contributed by atoms with Crippen LogP contribution >= 0.6 is 39.9 Å². The van der Waals surface area contributed by atoms with Gasteiger partial charge in [-0.05, 0) is 28.1 Å². The molecule has 1 fully saturated rings. The minimum absolute atomic E-state index is 0.235. The standard InChI is InChI=1S/C10H6BrNO4S2/c11-7-2-1-5(16-7)3-6-9(15)12(4-8(13)14)10(17)18-6/h1-3H,4H2,(H,13,14)/b6-3-. The van der Waals surface area contributed by atoms with E-state index in [1.54, 1.807) is 12.1 Å². The highest BCUT2D eigenvalue weighted by atomic mass is 79.9. The van der Waals surface area contributed by atoms with Crippen molar-refractivity contribution in [3.63, 3.8) is 0 Å². The summed E-state index contributed by atoms with van der Waals surface area (Å²) < 4.78 is 6.03. The van der Waals surface area contributed by atoms with Gasteiger partial charge in [0.15, 0.2) is 4.67 Å². The van der Waals surface area contributed by atoms with Crippen LogP contribution < -0.4 is 0 Å². The Morgan fingerprint density at radius 3 is 2.89 bits per heavy atom. The molecule has 0 bridgehead atoms. The minimum Gasteiger partial charge on any atom is -0.480 e. The molecule has 0 unspecified atom stereocenters. The van der Waals surface area contributed by atoms with Crippen LogP contribution in [0.2, 0.25) is 0 Å². The lowest BCUT2D eigenvalue weighted by Gasteiger charge is -2.09. The van der Waals surface area contributed by atoms with Gasteiger partial charge in [-0.15, -0.1) is 0 Å². The third kappa shape index (κ3) is 2.82. The van der Waals surface area contributed by atoms with Crippen LogP contribution in [0.15, 0.2) is 26.1 Å². The number of nitrogens with zero attached hydrogens (tertiary/aromatic N) is 1. The normalized spacial score (nSPS) is 17.8. The van der Waals surface area contributed by atoms with E-state index in [4.69, 9.17) is 21.7 Å². The van der Waals surface area contributed by atoms with Crippen LogP contribution in [0.1, 0.15) is 5.76 Å². The van der Waals surface area contributed by atoms with Gasteiger partial charge in [0.1, 0.15) is 16.6 Å². The first-order valence-corrected chi connectivity index (χ1v) is 6.71. The van der Waals surface area contributed by atoms with E-state index in [0.29, 0.717) is 15.3 Å². The van der Waals surface area contributed by atoms with Gasteiger partial charge in [0.05, 0.1) is 4.91 Å². The molecule has 0 atom stereocenters. The van der Waals surface area contributed by atoms with Gasteiger partial charge in [0.2, 0.25) is 0 Å². The van der Waals surface area contributed by atoms with E-state index in [1.165, 1.54) is 6.08 Å². The molecule has 1 aromatic heterocycles. The Balaban J connectivity index is 2.22. The van der Waals surface area contributed by atoms with Gasteiger partial charge in [-0.1, -0.05) is 24.0 Å². The smallest absolute Gasteiger partial charge is 0.323 e. The molecular formula is C10H6BrNO4S2. The zero-order valence-corrected chi connectivity index (χ0v) is 12.0. The molecule has 8 heteroatoms. The van der Waals surface area contributed by atoms with Gasteiger partial charge in [-0.3, -0.25) is 14.5 Å². The topological polar surface area (TPSA) is 70.8 Å². The molecule has 1 aliphatic heterocycles. The lowest BCUT2D eigenvalue weighted by molar-refractivity contribution is -0.140. The van der Waals surface area contributed by atoms with Crippen molar-refractivity contribution >= 4 is 62.2 Å². The zero-order chi connectivity index (χ0) is 13.3. The number of hydrogen-bond acceptors (Lipinski definition) is 5. The second-order valence-electron chi connectivity index (χ2n) is 3.30. The van der Waals surface area contributed by atoms with Crippen LogP contribution in [-0.4, -0.2) is 32.7 Å². The van der Waals surface area contributed by atoms with Gasteiger partial charge in [0, 0.05) is 6.08 Å². The fourth-order valence-electron chi connectivity index (χ4n) is 1.31. The number of amides is 1. The number of halogens is 1. The fraction of sp³-hybridized carbons (Fsp3) is 0.100. The number of carbonyl (C=O) groups is 2. The highest BCUT2D eigenvalue weighted by molar-refractivity contribution is 9.10. The first kappa shape index (κ1) is 13.3. The van der Waals surface area contributed by atoms with Crippen molar-refractivity contribution in [1.82, 2.24) is 4.90 Å². The van der Waals surface area contributed by atoms with Gasteiger partial charge < -0.3 is 9.52 Å². The van der Waals surface area contributed by atoms with Crippen LogP contribution in [0.3, 0.4) is 0 Å². The van der Waals surface area contributed by atoms with E-state index in [0.717, 1.165) is 16.7 Å². The summed E-state index contributed by atoms with van der Waals surface area (Å²) in [6.45, 7) is -0.427. The lowest BCUT2D eigenvalue weighted by atomic mass is 10.3. The number of aliphatic carboxylic acids is 1. The van der Waals surface area contributed by atoms with Gasteiger partial charge in [-0.25, -0.2) is 0 Å². The first-order chi connectivity index (χ1) is 8.47. The lowest BCUT2D eigenvalue weighted by Crippen LogP contribution is -2.33. The van der Waals surface area contributed by atoms with Crippen LogP contribution in [0.25, 0.3) is 6.08 Å². The molecule has 2 rings (SSSR count). The maximum atomic E-state index is 11.9. The van der Waals surface area contributed by atoms with Gasteiger partial charge in [0.25, 0.3) is 5.91 Å². The molecule has 0 aromatic carbocycles. The molecule has 94 valence electrons. The van der Waals surface area contributed by atoms with Crippen molar-refractivity contribution in [3.8, 4) is 0 Å². The quantitative estimate of drug-likeness (QED) is 0.668. The predicted molar refractivity (Wildman–Crippen MR) is 73.9 cm³/mol. The maximum Gasteiger partial charge on any atom is 0.323 e. The number of thiocarbonyl (C=S) groups is 1. The molecule has 1 amide bonds. The molecule has 1 aromatic rings. The van der Waals surface area contributed by atoms with E-state index in [2.05, 4.69) is 15.9 Å². The maximum absolute atomic E-state index is 11.9. The first-order valence-electron chi connectivity index (χ1n) is 4.70. The van der Waals surface area contributed by atoms with Crippen molar-refractivity contribution in [1.29, 1.82) is 0 Å². The van der Waals surface area contributed by atoms with Crippen molar-refractivity contribution in [3.05, 3.63) is 27.5 Å². The summed E-state index contributed by atoms with van der Waals surface area (Å²) >= 11 is 9.17. The second kappa shape index (κ2) is 5.25. The molecule has 0 aliphatic carbocycles. The molecule has 1 saturated heterocycles. The molecular weight excluding hydrogens is 342 g/mol. The molecule has 1 N–H and O–H groups in total. The van der Waals surface area contributed by atoms with E-state index in [1.807, 2.05) is 0 Å². The van der Waals surface area contributed by atoms with Crippen molar-refractivity contribution in [2.24, 2.45) is 0 Å². The van der Waals surface area contributed by atoms with E-state index in [-0.39, 0.29) is 4.32 Å². The minimum atomic E-state index is -1.10. The predicted octanol–water partition coefficient (Wildman–Crippen LogP) is 2.33. The van der Waals surface area contributed by atoms with Crippen LogP contribution in [-0.2, 0) is 9.59 Å². The summed E-state index contributed by atoms with van der Waals surface area (Å²) in [5.41, 5.74) is 0. The monoisotopic (exact) mass is 347 g/mol. The number of furan rings is 1. The molecule has 1 aliphatic rings. The average molecular weight is 348 g/mol. The highest BCUT2D eigenvalue weighted by Gasteiger charge is 2.33. The van der Waals surface area contributed by atoms with Gasteiger partial charge in [-0.2, -0.15) is 0 Å². The molecule has 2 heterocycles. The molecule has 5 nitrogen and oxygen atoms in total. The van der Waals surface area contributed by atoms with E-state index >= 15 is 0 Å². The van der Waals surface area contributed by atoms with Gasteiger partial charge >= 0.3 is 5.97 Å². The van der Waals surface area contributed by atoms with Crippen molar-refractivity contribution in [2.45, 2.75) is 0 Å². The third-order valence-corrected chi connectivity index (χ3v) is 3.84. The SMILES string of the molecule is O=C(O)CN1C(=O)/C(=C/c2ccc(Br)o2)SC1=S. The van der Waals surface area contributed by atoms with Crippen LogP contribution in [0.4, 0.5) is 0 Å². The van der Waals surface area contributed by atoms with Crippen molar-refractivity contribution in [2.75, 3.05) is 6.54 Å². The summed E-state index contributed by atoms with van der Waals surface area (Å²) in [6.07, 6.45) is 1.53. The summed E-state index contributed by atoms with van der Waals surface area (Å²) in [5, 5.41) is 8.68. The Morgan fingerprint density at radius 2 is 2.33 bits per heavy atom. The third-order valence-electron chi connectivity index (χ3n) is 2.03. The van der Waals surface area contributed by atoms with Crippen LogP contribution in [0.5, 0.6) is 0 Å². The van der Waals surface area contributed by atoms with Crippen molar-refractivity contribution < 1.29 is 19.1 Å². The number of hydrogen-bond donors (Lipinski definition) is 1. The zero-order valence-electron chi connectivity index (χ0n) is 8.75. The Hall–Kier alpha value is -1.12. The Bertz CT molecular complexity index is 566. The number of thioether (sulfide) groups is 1. The Kier molecular flexibility index (Phi) is 3.88. The van der Waals surface area contributed by atoms with E-state index in [9.17, 15) is 9.59 Å².